The molecule has 0 bridgehead atoms. The van der Waals surface area contributed by atoms with E-state index in [9.17, 15) is 4.79 Å². The Morgan fingerprint density at radius 1 is 1.12 bits per heavy atom. The van der Waals surface area contributed by atoms with Crippen molar-refractivity contribution < 1.29 is 9.53 Å². The number of aryl methyl sites for hydroxylation is 1. The average molecular weight is 337 g/mol. The highest BCUT2D eigenvalue weighted by atomic mass is 16.6. The maximum Gasteiger partial charge on any atom is 0.412 e. The van der Waals surface area contributed by atoms with Gasteiger partial charge in [0.05, 0.1) is 5.69 Å². The number of carbonyl (C=O) groups excluding carboxylic acids is 1. The second-order valence-corrected chi connectivity index (χ2v) is 7.14. The van der Waals surface area contributed by atoms with Crippen molar-refractivity contribution in [3.05, 3.63) is 28.8 Å². The first kappa shape index (κ1) is 16.1. The topological polar surface area (TPSA) is 63.1 Å². The van der Waals surface area contributed by atoms with Crippen LogP contribution in [0.4, 0.5) is 10.5 Å². The normalized spacial score (nSPS) is 19.3. The van der Waals surface area contributed by atoms with Gasteiger partial charge in [0.1, 0.15) is 5.75 Å². The molecule has 1 N–H and O–H groups in total. The highest BCUT2D eigenvalue weighted by Crippen LogP contribution is 2.44. The molecule has 1 aromatic carbocycles. The number of aliphatic imine (C=N–C) groups is 2. The van der Waals surface area contributed by atoms with Crippen LogP contribution in [-0.4, -0.2) is 23.7 Å². The van der Waals surface area contributed by atoms with Crippen LogP contribution >= 0.6 is 0 Å². The SMILES string of the molecule is CC1=NC2=Nc3cc(OC(=O)NC4CCCCC4)cc(C)c3C2=C1C. The van der Waals surface area contributed by atoms with Crippen LogP contribution in [0.1, 0.15) is 57.1 Å². The Morgan fingerprint density at radius 2 is 1.88 bits per heavy atom. The quantitative estimate of drug-likeness (QED) is 0.849. The van der Waals surface area contributed by atoms with Gasteiger partial charge in [0.25, 0.3) is 0 Å². The van der Waals surface area contributed by atoms with Crippen molar-refractivity contribution in [2.45, 2.75) is 58.9 Å². The van der Waals surface area contributed by atoms with Crippen LogP contribution in [0.15, 0.2) is 27.7 Å². The van der Waals surface area contributed by atoms with E-state index in [1.165, 1.54) is 24.8 Å². The Bertz CT molecular complexity index is 843. The lowest BCUT2D eigenvalue weighted by atomic mass is 9.96. The molecule has 5 nitrogen and oxygen atoms in total. The number of allylic oxidation sites excluding steroid dienone is 1. The number of ether oxygens (including phenoxy) is 1. The smallest absolute Gasteiger partial charge is 0.410 e. The van der Waals surface area contributed by atoms with Crippen LogP contribution in [0.2, 0.25) is 0 Å². The summed E-state index contributed by atoms with van der Waals surface area (Å²) in [6.07, 6.45) is 5.31. The third-order valence-electron chi connectivity index (χ3n) is 5.32. The molecule has 0 spiro atoms. The molecule has 1 fully saturated rings. The summed E-state index contributed by atoms with van der Waals surface area (Å²) in [5.74, 6) is 1.31. The van der Waals surface area contributed by atoms with E-state index in [4.69, 9.17) is 4.74 Å². The van der Waals surface area contributed by atoms with Gasteiger partial charge in [-0.3, -0.25) is 0 Å². The summed E-state index contributed by atoms with van der Waals surface area (Å²) in [6.45, 7) is 6.11. The third kappa shape index (κ3) is 2.88. The zero-order chi connectivity index (χ0) is 17.6. The Balaban J connectivity index is 1.54. The van der Waals surface area contributed by atoms with Gasteiger partial charge in [-0.25, -0.2) is 14.8 Å². The zero-order valence-electron chi connectivity index (χ0n) is 15.0. The highest BCUT2D eigenvalue weighted by Gasteiger charge is 2.30. The molecule has 1 saturated carbocycles. The Kier molecular flexibility index (Phi) is 3.94. The Morgan fingerprint density at radius 3 is 2.64 bits per heavy atom. The maximum absolute atomic E-state index is 12.2. The van der Waals surface area contributed by atoms with Gasteiger partial charge in [0.15, 0.2) is 5.84 Å². The Hall–Kier alpha value is -2.43. The monoisotopic (exact) mass is 337 g/mol. The molecular formula is C20H23N3O2. The number of benzene rings is 1. The largest absolute Gasteiger partial charge is 0.412 e. The van der Waals surface area contributed by atoms with Crippen LogP contribution in [0, 0.1) is 6.92 Å². The van der Waals surface area contributed by atoms with Crippen LogP contribution in [0.5, 0.6) is 5.75 Å². The molecule has 0 aromatic heterocycles. The predicted molar refractivity (Wildman–Crippen MR) is 100 cm³/mol. The molecule has 0 unspecified atom stereocenters. The first-order valence-electron chi connectivity index (χ1n) is 9.02. The molecule has 0 atom stereocenters. The van der Waals surface area contributed by atoms with E-state index in [1.54, 1.807) is 0 Å². The number of amides is 1. The van der Waals surface area contributed by atoms with Gasteiger partial charge >= 0.3 is 6.09 Å². The van der Waals surface area contributed by atoms with E-state index < -0.39 is 0 Å². The fourth-order valence-corrected chi connectivity index (χ4v) is 3.90. The van der Waals surface area contributed by atoms with Crippen LogP contribution in [0.3, 0.4) is 0 Å². The van der Waals surface area contributed by atoms with Gasteiger partial charge in [0, 0.05) is 29.0 Å². The third-order valence-corrected chi connectivity index (χ3v) is 5.32. The van der Waals surface area contributed by atoms with Gasteiger partial charge in [-0.05, 0) is 50.8 Å². The first-order valence-corrected chi connectivity index (χ1v) is 9.02. The molecule has 130 valence electrons. The molecular weight excluding hydrogens is 314 g/mol. The van der Waals surface area contributed by atoms with Crippen molar-refractivity contribution >= 4 is 28.9 Å². The molecule has 0 saturated heterocycles. The van der Waals surface area contributed by atoms with Crippen LogP contribution < -0.4 is 10.1 Å². The van der Waals surface area contributed by atoms with E-state index in [0.29, 0.717) is 5.75 Å². The summed E-state index contributed by atoms with van der Waals surface area (Å²) in [5, 5.41) is 2.98. The number of hydrogen-bond acceptors (Lipinski definition) is 4. The van der Waals surface area contributed by atoms with Crippen molar-refractivity contribution in [2.24, 2.45) is 9.98 Å². The minimum atomic E-state index is -0.374. The minimum Gasteiger partial charge on any atom is -0.410 e. The second kappa shape index (κ2) is 6.14. The van der Waals surface area contributed by atoms with Crippen molar-refractivity contribution in [3.8, 4) is 5.75 Å². The summed E-state index contributed by atoms with van der Waals surface area (Å²) in [7, 11) is 0. The first-order chi connectivity index (χ1) is 12.0. The van der Waals surface area contributed by atoms with E-state index in [-0.39, 0.29) is 12.1 Å². The van der Waals surface area contributed by atoms with Crippen molar-refractivity contribution in [3.63, 3.8) is 0 Å². The number of nitrogens with one attached hydrogen (secondary N) is 1. The van der Waals surface area contributed by atoms with Crippen molar-refractivity contribution in [2.75, 3.05) is 0 Å². The molecule has 0 radical (unpaired) electrons. The van der Waals surface area contributed by atoms with E-state index >= 15 is 0 Å². The van der Waals surface area contributed by atoms with E-state index in [1.807, 2.05) is 26.0 Å². The van der Waals surface area contributed by atoms with Gasteiger partial charge in [-0.1, -0.05) is 19.3 Å². The number of carbonyl (C=O) groups is 1. The Labute approximate surface area is 147 Å². The predicted octanol–water partition coefficient (Wildman–Crippen LogP) is 4.71. The number of nitrogens with zero attached hydrogens (tertiary/aromatic N) is 2. The fraction of sp³-hybridized carbons (Fsp3) is 0.450. The van der Waals surface area contributed by atoms with Gasteiger partial charge in [-0.2, -0.15) is 0 Å². The maximum atomic E-state index is 12.2. The molecule has 1 aromatic rings. The van der Waals surface area contributed by atoms with E-state index in [2.05, 4.69) is 22.2 Å². The molecule has 2 aliphatic heterocycles. The highest BCUT2D eigenvalue weighted by molar-refractivity contribution is 6.40. The molecule has 1 amide bonds. The second-order valence-electron chi connectivity index (χ2n) is 7.14. The molecule has 3 aliphatic rings. The number of fused-ring (bicyclic) bond motifs is 3. The molecule has 2 heterocycles. The summed E-state index contributed by atoms with van der Waals surface area (Å²) in [6, 6.07) is 3.98. The molecule has 4 rings (SSSR count). The average Bonchev–Trinajstić information content (AvgIpc) is 3.05. The summed E-state index contributed by atoms with van der Waals surface area (Å²) >= 11 is 0. The van der Waals surface area contributed by atoms with Gasteiger partial charge < -0.3 is 10.1 Å². The van der Waals surface area contributed by atoms with E-state index in [0.717, 1.165) is 46.8 Å². The minimum absolute atomic E-state index is 0.237. The number of hydrogen-bond donors (Lipinski definition) is 1. The van der Waals surface area contributed by atoms with Crippen molar-refractivity contribution in [1.29, 1.82) is 0 Å². The fourth-order valence-electron chi connectivity index (χ4n) is 3.90. The van der Waals surface area contributed by atoms with Gasteiger partial charge in [-0.15, -0.1) is 0 Å². The summed E-state index contributed by atoms with van der Waals surface area (Å²) in [5.41, 5.74) is 6.30. The molecule has 5 heteroatoms. The van der Waals surface area contributed by atoms with Crippen molar-refractivity contribution in [1.82, 2.24) is 5.32 Å². The lowest BCUT2D eigenvalue weighted by molar-refractivity contribution is 0.192. The lowest BCUT2D eigenvalue weighted by Crippen LogP contribution is -2.38. The number of amidine groups is 1. The summed E-state index contributed by atoms with van der Waals surface area (Å²) in [4.78, 5) is 21.3. The number of rotatable bonds is 2. The zero-order valence-corrected chi connectivity index (χ0v) is 15.0. The molecule has 25 heavy (non-hydrogen) atoms. The van der Waals surface area contributed by atoms with Crippen LogP contribution in [-0.2, 0) is 0 Å². The van der Waals surface area contributed by atoms with Gasteiger partial charge in [0.2, 0.25) is 0 Å². The standard InChI is InChI=1S/C20H23N3O2/c1-11-9-15(25-20(24)22-14-7-5-4-6-8-14)10-16-17(11)18-12(2)13(3)21-19(18)23-16/h9-10,14H,4-8H2,1-3H3,(H,22,24). The molecule has 1 aliphatic carbocycles. The summed E-state index contributed by atoms with van der Waals surface area (Å²) < 4.78 is 5.52. The van der Waals surface area contributed by atoms with Crippen LogP contribution in [0.25, 0.3) is 5.57 Å². The lowest BCUT2D eigenvalue weighted by Gasteiger charge is -2.22.